The number of phenols is 2. The van der Waals surface area contributed by atoms with Crippen molar-refractivity contribution in [2.75, 3.05) is 0 Å². The first-order valence-corrected chi connectivity index (χ1v) is 4.07. The van der Waals surface area contributed by atoms with Gasteiger partial charge in [-0.15, -0.1) is 0 Å². The molecule has 68 valence electrons. The van der Waals surface area contributed by atoms with Gasteiger partial charge in [0.05, 0.1) is 0 Å². The van der Waals surface area contributed by atoms with Crippen molar-refractivity contribution in [3.05, 3.63) is 35.9 Å². The molecule has 2 aromatic rings. The van der Waals surface area contributed by atoms with E-state index in [2.05, 4.69) is 0 Å². The molecule has 0 bridgehead atoms. The number of nitriles is 1. The summed E-state index contributed by atoms with van der Waals surface area (Å²) in [6.45, 7) is 0. The van der Waals surface area contributed by atoms with Gasteiger partial charge >= 0.3 is 0 Å². The Labute approximate surface area is 80.5 Å². The maximum atomic E-state index is 9.40. The van der Waals surface area contributed by atoms with Gasteiger partial charge in [0.25, 0.3) is 0 Å². The minimum absolute atomic E-state index is 0.0643. The predicted molar refractivity (Wildman–Crippen MR) is 52.0 cm³/mol. The smallest absolute Gasteiger partial charge is 0.133 e. The van der Waals surface area contributed by atoms with Gasteiger partial charge in [-0.25, -0.2) is 0 Å². The van der Waals surface area contributed by atoms with Crippen molar-refractivity contribution in [1.29, 1.82) is 5.26 Å². The quantitative estimate of drug-likeness (QED) is 0.660. The summed E-state index contributed by atoms with van der Waals surface area (Å²) in [5, 5.41) is 28.8. The average Bonchev–Trinajstić information content (AvgIpc) is 2.17. The van der Waals surface area contributed by atoms with Crippen molar-refractivity contribution in [2.24, 2.45) is 0 Å². The summed E-state index contributed by atoms with van der Waals surface area (Å²) in [6, 6.07) is 9.78. The number of fused-ring (bicyclic) bond motifs is 1. The van der Waals surface area contributed by atoms with Gasteiger partial charge in [0, 0.05) is 5.39 Å². The monoisotopic (exact) mass is 185 g/mol. The summed E-state index contributed by atoms with van der Waals surface area (Å²) in [5.74, 6) is 0.0187. The van der Waals surface area contributed by atoms with Gasteiger partial charge in [0.15, 0.2) is 0 Å². The van der Waals surface area contributed by atoms with E-state index >= 15 is 0 Å². The Morgan fingerprint density at radius 1 is 1.07 bits per heavy atom. The van der Waals surface area contributed by atoms with E-state index in [0.717, 1.165) is 5.39 Å². The maximum absolute atomic E-state index is 9.40. The first-order valence-electron chi connectivity index (χ1n) is 4.07. The van der Waals surface area contributed by atoms with E-state index in [1.807, 2.05) is 6.07 Å². The van der Waals surface area contributed by atoms with Crippen LogP contribution in [-0.4, -0.2) is 10.2 Å². The number of nitrogens with zero attached hydrogens (tertiary/aromatic N) is 1. The molecule has 2 rings (SSSR count). The fraction of sp³-hybridized carbons (Fsp3) is 0. The van der Waals surface area contributed by atoms with Crippen LogP contribution in [-0.2, 0) is 0 Å². The van der Waals surface area contributed by atoms with Crippen LogP contribution in [0.3, 0.4) is 0 Å². The van der Waals surface area contributed by atoms with E-state index in [0.29, 0.717) is 5.39 Å². The van der Waals surface area contributed by atoms with Gasteiger partial charge in [-0.1, -0.05) is 12.1 Å². The Morgan fingerprint density at radius 2 is 1.79 bits per heavy atom. The third-order valence-electron chi connectivity index (χ3n) is 2.09. The largest absolute Gasteiger partial charge is 0.508 e. The minimum atomic E-state index is -0.0643. The molecule has 0 amide bonds. The third-order valence-corrected chi connectivity index (χ3v) is 2.09. The highest BCUT2D eigenvalue weighted by atomic mass is 16.3. The lowest BCUT2D eigenvalue weighted by atomic mass is 10.0. The van der Waals surface area contributed by atoms with Gasteiger partial charge < -0.3 is 10.2 Å². The second kappa shape index (κ2) is 2.93. The molecule has 0 spiro atoms. The van der Waals surface area contributed by atoms with E-state index in [1.54, 1.807) is 18.2 Å². The molecule has 0 aliphatic rings. The Bertz CT molecular complexity index is 535. The molecule has 0 atom stereocenters. The van der Waals surface area contributed by atoms with E-state index in [4.69, 9.17) is 5.26 Å². The van der Waals surface area contributed by atoms with Crippen LogP contribution in [0.25, 0.3) is 10.8 Å². The first kappa shape index (κ1) is 8.39. The van der Waals surface area contributed by atoms with E-state index in [-0.39, 0.29) is 17.1 Å². The van der Waals surface area contributed by atoms with Gasteiger partial charge in [-0.2, -0.15) is 5.26 Å². The molecule has 14 heavy (non-hydrogen) atoms. The van der Waals surface area contributed by atoms with E-state index in [9.17, 15) is 10.2 Å². The molecule has 0 saturated heterocycles. The van der Waals surface area contributed by atoms with Crippen LogP contribution in [0, 0.1) is 11.3 Å². The lowest BCUT2D eigenvalue weighted by Gasteiger charge is -2.02. The van der Waals surface area contributed by atoms with Crippen LogP contribution in [0.2, 0.25) is 0 Å². The Morgan fingerprint density at radius 3 is 2.50 bits per heavy atom. The second-order valence-corrected chi connectivity index (χ2v) is 2.98. The number of benzene rings is 2. The molecule has 0 aliphatic carbocycles. The summed E-state index contributed by atoms with van der Waals surface area (Å²) in [6.07, 6.45) is 0. The fourth-order valence-corrected chi connectivity index (χ4v) is 1.41. The maximum Gasteiger partial charge on any atom is 0.133 e. The summed E-state index contributed by atoms with van der Waals surface area (Å²) in [7, 11) is 0. The Balaban J connectivity index is 2.93. The van der Waals surface area contributed by atoms with Crippen LogP contribution in [0.4, 0.5) is 0 Å². The molecular weight excluding hydrogens is 178 g/mol. The van der Waals surface area contributed by atoms with Crippen LogP contribution in [0.15, 0.2) is 30.3 Å². The third kappa shape index (κ3) is 1.14. The van der Waals surface area contributed by atoms with Crippen molar-refractivity contribution < 1.29 is 10.2 Å². The second-order valence-electron chi connectivity index (χ2n) is 2.98. The number of hydrogen-bond donors (Lipinski definition) is 2. The van der Waals surface area contributed by atoms with Crippen molar-refractivity contribution >= 4 is 10.8 Å². The van der Waals surface area contributed by atoms with E-state index < -0.39 is 0 Å². The van der Waals surface area contributed by atoms with Crippen molar-refractivity contribution in [3.63, 3.8) is 0 Å². The summed E-state index contributed by atoms with van der Waals surface area (Å²) in [5.41, 5.74) is 0.193. The van der Waals surface area contributed by atoms with Crippen LogP contribution < -0.4 is 0 Å². The molecule has 0 heterocycles. The molecule has 0 saturated carbocycles. The molecule has 3 heteroatoms. The predicted octanol–water partition coefficient (Wildman–Crippen LogP) is 2.12. The van der Waals surface area contributed by atoms with Crippen LogP contribution >= 0.6 is 0 Å². The zero-order valence-corrected chi connectivity index (χ0v) is 7.23. The lowest BCUT2D eigenvalue weighted by molar-refractivity contribution is 0.473. The zero-order chi connectivity index (χ0) is 10.1. The highest BCUT2D eigenvalue weighted by Crippen LogP contribution is 2.28. The van der Waals surface area contributed by atoms with Gasteiger partial charge in [-0.3, -0.25) is 0 Å². The zero-order valence-electron chi connectivity index (χ0n) is 7.23. The standard InChI is InChI=1S/C11H7NO2/c12-6-10-9-5-8(13)3-1-7(9)2-4-11(10)14/h1-5,13-14H. The number of rotatable bonds is 0. The summed E-state index contributed by atoms with van der Waals surface area (Å²) < 4.78 is 0. The molecule has 0 aromatic heterocycles. The van der Waals surface area contributed by atoms with Crippen molar-refractivity contribution in [3.8, 4) is 17.6 Å². The van der Waals surface area contributed by atoms with E-state index in [1.165, 1.54) is 12.1 Å². The lowest BCUT2D eigenvalue weighted by Crippen LogP contribution is -1.80. The molecule has 2 N–H and O–H groups in total. The molecule has 0 unspecified atom stereocenters. The molecule has 3 nitrogen and oxygen atoms in total. The molecule has 0 aliphatic heterocycles. The highest BCUT2D eigenvalue weighted by molar-refractivity contribution is 5.91. The van der Waals surface area contributed by atoms with Gasteiger partial charge in [0.1, 0.15) is 23.1 Å². The number of aromatic hydroxyl groups is 2. The van der Waals surface area contributed by atoms with Crippen molar-refractivity contribution in [1.82, 2.24) is 0 Å². The first-order chi connectivity index (χ1) is 6.72. The molecule has 0 fully saturated rings. The number of phenolic OH excluding ortho intramolecular Hbond substituents is 2. The van der Waals surface area contributed by atoms with Gasteiger partial charge in [-0.05, 0) is 23.6 Å². The summed E-state index contributed by atoms with van der Waals surface area (Å²) >= 11 is 0. The van der Waals surface area contributed by atoms with Crippen LogP contribution in [0.5, 0.6) is 11.5 Å². The molecular formula is C11H7NO2. The summed E-state index contributed by atoms with van der Waals surface area (Å²) in [4.78, 5) is 0. The average molecular weight is 185 g/mol. The highest BCUT2D eigenvalue weighted by Gasteiger charge is 2.06. The molecule has 0 radical (unpaired) electrons. The normalized spacial score (nSPS) is 9.93. The van der Waals surface area contributed by atoms with Gasteiger partial charge in [0.2, 0.25) is 0 Å². The van der Waals surface area contributed by atoms with Crippen LogP contribution in [0.1, 0.15) is 5.56 Å². The SMILES string of the molecule is N#Cc1c(O)ccc2ccc(O)cc12. The Kier molecular flexibility index (Phi) is 1.76. The molecule has 2 aromatic carbocycles. The number of hydrogen-bond acceptors (Lipinski definition) is 3. The topological polar surface area (TPSA) is 64.2 Å². The minimum Gasteiger partial charge on any atom is -0.508 e. The van der Waals surface area contributed by atoms with Crippen molar-refractivity contribution in [2.45, 2.75) is 0 Å². The Hall–Kier alpha value is -2.21. The fourth-order valence-electron chi connectivity index (χ4n) is 1.41.